The Hall–Kier alpha value is -1.38. The van der Waals surface area contributed by atoms with E-state index in [2.05, 4.69) is 23.5 Å². The minimum Gasteiger partial charge on any atom is -0.390 e. The van der Waals surface area contributed by atoms with Crippen molar-refractivity contribution in [1.82, 2.24) is 5.32 Å². The molecule has 0 aliphatic heterocycles. The number of aliphatic hydroxyl groups is 1. The van der Waals surface area contributed by atoms with Crippen molar-refractivity contribution >= 4 is 5.91 Å². The molecule has 4 fully saturated rings. The van der Waals surface area contributed by atoms with E-state index in [4.69, 9.17) is 5.73 Å². The monoisotopic (exact) mass is 329 g/mol. The van der Waals surface area contributed by atoms with Crippen LogP contribution in [0.1, 0.15) is 51.4 Å². The molecular weight excluding hydrogens is 302 g/mol. The SMILES string of the molecule is N#CC(CC1C=CC1)NC(=O)C(N)C12CC3CC(CC(O)(C3)C1)C2. The molecule has 5 heteroatoms. The fourth-order valence-electron chi connectivity index (χ4n) is 6.14. The molecule has 4 N–H and O–H groups in total. The van der Waals surface area contributed by atoms with Crippen LogP contribution < -0.4 is 11.1 Å². The summed E-state index contributed by atoms with van der Waals surface area (Å²) < 4.78 is 0. The molecule has 0 heterocycles. The van der Waals surface area contributed by atoms with Crippen molar-refractivity contribution in [3.05, 3.63) is 12.2 Å². The van der Waals surface area contributed by atoms with Gasteiger partial charge in [0.15, 0.2) is 0 Å². The van der Waals surface area contributed by atoms with E-state index in [1.165, 1.54) is 6.42 Å². The van der Waals surface area contributed by atoms with Crippen LogP contribution in [0.3, 0.4) is 0 Å². The van der Waals surface area contributed by atoms with E-state index in [1.54, 1.807) is 0 Å². The lowest BCUT2D eigenvalue weighted by atomic mass is 9.46. The van der Waals surface area contributed by atoms with Gasteiger partial charge in [-0.1, -0.05) is 12.2 Å². The molecule has 5 rings (SSSR count). The molecule has 4 bridgehead atoms. The lowest BCUT2D eigenvalue weighted by Gasteiger charge is -2.61. The number of nitriles is 1. The molecular formula is C19H27N3O2. The molecule has 0 aromatic carbocycles. The number of carbonyl (C=O) groups is 1. The lowest BCUT2D eigenvalue weighted by Crippen LogP contribution is -2.64. The number of nitrogens with one attached hydrogen (secondary N) is 1. The smallest absolute Gasteiger partial charge is 0.238 e. The first-order valence-electron chi connectivity index (χ1n) is 9.26. The summed E-state index contributed by atoms with van der Waals surface area (Å²) in [6.07, 6.45) is 11.3. The fraction of sp³-hybridized carbons (Fsp3) is 0.789. The number of hydrogen-bond donors (Lipinski definition) is 3. The Balaban J connectivity index is 1.44. The molecule has 130 valence electrons. The van der Waals surface area contributed by atoms with E-state index in [1.807, 2.05) is 0 Å². The van der Waals surface area contributed by atoms with Crippen LogP contribution in [0.2, 0.25) is 0 Å². The highest BCUT2D eigenvalue weighted by molar-refractivity contribution is 5.83. The molecule has 5 nitrogen and oxygen atoms in total. The van der Waals surface area contributed by atoms with Crippen LogP contribution in [0.15, 0.2) is 12.2 Å². The van der Waals surface area contributed by atoms with Gasteiger partial charge in [0, 0.05) is 0 Å². The van der Waals surface area contributed by atoms with Gasteiger partial charge in [0.2, 0.25) is 5.91 Å². The summed E-state index contributed by atoms with van der Waals surface area (Å²) in [4.78, 5) is 12.7. The van der Waals surface area contributed by atoms with Crippen molar-refractivity contribution < 1.29 is 9.90 Å². The molecule has 0 spiro atoms. The molecule has 5 unspecified atom stereocenters. The summed E-state index contributed by atoms with van der Waals surface area (Å²) in [5.74, 6) is 1.19. The highest BCUT2D eigenvalue weighted by Crippen LogP contribution is 2.62. The largest absolute Gasteiger partial charge is 0.390 e. The Morgan fingerprint density at radius 3 is 2.54 bits per heavy atom. The summed E-state index contributed by atoms with van der Waals surface area (Å²) in [6, 6.07) is 1.10. The van der Waals surface area contributed by atoms with Crippen LogP contribution in [0.5, 0.6) is 0 Å². The van der Waals surface area contributed by atoms with E-state index < -0.39 is 17.7 Å². The normalized spacial score (nSPS) is 44.5. The Bertz CT molecular complexity index is 594. The minimum absolute atomic E-state index is 0.213. The summed E-state index contributed by atoms with van der Waals surface area (Å²) >= 11 is 0. The van der Waals surface area contributed by atoms with E-state index in [0.717, 1.165) is 32.1 Å². The summed E-state index contributed by atoms with van der Waals surface area (Å²) in [5.41, 5.74) is 5.51. The Morgan fingerprint density at radius 2 is 2.04 bits per heavy atom. The number of carbonyl (C=O) groups excluding carboxylic acids is 1. The molecule has 0 aromatic rings. The van der Waals surface area contributed by atoms with Crippen LogP contribution >= 0.6 is 0 Å². The van der Waals surface area contributed by atoms with Crippen molar-refractivity contribution in [1.29, 1.82) is 5.26 Å². The van der Waals surface area contributed by atoms with Crippen molar-refractivity contribution in [2.45, 2.75) is 69.1 Å². The lowest BCUT2D eigenvalue weighted by molar-refractivity contribution is -0.174. The maximum atomic E-state index is 12.7. The van der Waals surface area contributed by atoms with Crippen LogP contribution in [0, 0.1) is 34.5 Å². The molecule has 0 saturated heterocycles. The van der Waals surface area contributed by atoms with E-state index in [-0.39, 0.29) is 11.3 Å². The van der Waals surface area contributed by atoms with Crippen molar-refractivity contribution in [2.24, 2.45) is 28.9 Å². The number of allylic oxidation sites excluding steroid dienone is 2. The number of rotatable bonds is 5. The number of amides is 1. The minimum atomic E-state index is -0.622. The first kappa shape index (κ1) is 16.1. The molecule has 5 atom stereocenters. The van der Waals surface area contributed by atoms with Gasteiger partial charge in [-0.25, -0.2) is 0 Å². The highest BCUT2D eigenvalue weighted by atomic mass is 16.3. The number of hydrogen-bond acceptors (Lipinski definition) is 4. The van der Waals surface area contributed by atoms with Crippen molar-refractivity contribution in [2.75, 3.05) is 0 Å². The molecule has 0 aromatic heterocycles. The predicted molar refractivity (Wildman–Crippen MR) is 89.4 cm³/mol. The van der Waals surface area contributed by atoms with Crippen LogP contribution in [0.25, 0.3) is 0 Å². The van der Waals surface area contributed by atoms with Crippen molar-refractivity contribution in [3.63, 3.8) is 0 Å². The molecule has 4 saturated carbocycles. The van der Waals surface area contributed by atoms with Gasteiger partial charge in [-0.3, -0.25) is 4.79 Å². The van der Waals surface area contributed by atoms with Gasteiger partial charge in [0.1, 0.15) is 6.04 Å². The second kappa shape index (κ2) is 5.57. The van der Waals surface area contributed by atoms with E-state index in [0.29, 0.717) is 30.6 Å². The maximum absolute atomic E-state index is 12.7. The summed E-state index contributed by atoms with van der Waals surface area (Å²) in [7, 11) is 0. The Morgan fingerprint density at radius 1 is 1.38 bits per heavy atom. The maximum Gasteiger partial charge on any atom is 0.238 e. The molecule has 24 heavy (non-hydrogen) atoms. The van der Waals surface area contributed by atoms with Crippen LogP contribution in [-0.4, -0.2) is 28.7 Å². The predicted octanol–water partition coefficient (Wildman–Crippen LogP) is 1.62. The first-order chi connectivity index (χ1) is 11.4. The summed E-state index contributed by atoms with van der Waals surface area (Å²) in [6.45, 7) is 0. The average molecular weight is 329 g/mol. The quantitative estimate of drug-likeness (QED) is 0.667. The van der Waals surface area contributed by atoms with Gasteiger partial charge in [-0.05, 0) is 74.5 Å². The Kier molecular flexibility index (Phi) is 3.74. The second-order valence-corrected chi connectivity index (χ2v) is 8.88. The molecule has 5 aliphatic rings. The zero-order chi connectivity index (χ0) is 16.9. The van der Waals surface area contributed by atoms with Gasteiger partial charge in [-0.15, -0.1) is 0 Å². The average Bonchev–Trinajstić information content (AvgIpc) is 2.46. The second-order valence-electron chi connectivity index (χ2n) is 8.88. The standard InChI is InChI=1S/C19H27N3O2/c20-10-15(5-12-2-1-3-12)22-17(23)16(21)18-6-13-4-14(7-18)9-19(24,8-13)11-18/h1-2,12-16,24H,3-9,11,21H2,(H,22,23). The highest BCUT2D eigenvalue weighted by Gasteiger charge is 2.60. The third-order valence-corrected chi connectivity index (χ3v) is 6.88. The van der Waals surface area contributed by atoms with E-state index in [9.17, 15) is 15.2 Å². The fourth-order valence-corrected chi connectivity index (χ4v) is 6.14. The van der Waals surface area contributed by atoms with Crippen LogP contribution in [-0.2, 0) is 4.79 Å². The molecule has 1 amide bonds. The van der Waals surface area contributed by atoms with Crippen molar-refractivity contribution in [3.8, 4) is 6.07 Å². The zero-order valence-electron chi connectivity index (χ0n) is 14.1. The van der Waals surface area contributed by atoms with Crippen LogP contribution in [0.4, 0.5) is 0 Å². The van der Waals surface area contributed by atoms with Gasteiger partial charge in [0.05, 0.1) is 17.7 Å². The molecule has 5 aliphatic carbocycles. The third kappa shape index (κ3) is 2.66. The van der Waals surface area contributed by atoms with Gasteiger partial charge in [0.25, 0.3) is 0 Å². The molecule has 0 radical (unpaired) electrons. The summed E-state index contributed by atoms with van der Waals surface area (Å²) in [5, 5.41) is 23.0. The Labute approximate surface area is 143 Å². The third-order valence-electron chi connectivity index (χ3n) is 6.88. The zero-order valence-corrected chi connectivity index (χ0v) is 14.1. The van der Waals surface area contributed by atoms with Gasteiger partial charge < -0.3 is 16.2 Å². The topological polar surface area (TPSA) is 99.1 Å². The first-order valence-corrected chi connectivity index (χ1v) is 9.26. The number of nitrogens with zero attached hydrogens (tertiary/aromatic N) is 1. The van der Waals surface area contributed by atoms with Gasteiger partial charge in [-0.2, -0.15) is 5.26 Å². The van der Waals surface area contributed by atoms with E-state index >= 15 is 0 Å². The number of nitrogens with two attached hydrogens (primary N) is 1. The van der Waals surface area contributed by atoms with Gasteiger partial charge >= 0.3 is 0 Å².